The Bertz CT molecular complexity index is 145. The highest BCUT2D eigenvalue weighted by Crippen LogP contribution is 2.07. The van der Waals surface area contributed by atoms with Gasteiger partial charge in [-0.2, -0.15) is 0 Å². The normalized spacial score (nSPS) is 25.4. The van der Waals surface area contributed by atoms with Gasteiger partial charge in [0.15, 0.2) is 0 Å². The smallest absolute Gasteiger partial charge is 0.246 e. The Morgan fingerprint density at radius 3 is 3.00 bits per heavy atom. The van der Waals surface area contributed by atoms with Crippen molar-refractivity contribution >= 4 is 5.91 Å². The van der Waals surface area contributed by atoms with Crippen LogP contribution in [0.15, 0.2) is 0 Å². The number of morpholine rings is 1. The highest BCUT2D eigenvalue weighted by Gasteiger charge is 2.18. The lowest BCUT2D eigenvalue weighted by atomic mass is 10.0. The first-order chi connectivity index (χ1) is 5.18. The molecule has 1 aliphatic rings. The van der Waals surface area contributed by atoms with Crippen molar-refractivity contribution in [3.63, 3.8) is 0 Å². The standard InChI is InChI=1S/C8H15NO2/c1-6(2)3-7-4-11-5-8(10)9-7/h6-7H,3-5H2,1-2H3,(H,9,10). The molecule has 1 unspecified atom stereocenters. The quantitative estimate of drug-likeness (QED) is 0.635. The zero-order valence-electron chi connectivity index (χ0n) is 7.09. The molecule has 1 amide bonds. The van der Waals surface area contributed by atoms with Crippen molar-refractivity contribution in [2.45, 2.75) is 26.3 Å². The molecule has 0 spiro atoms. The second kappa shape index (κ2) is 3.72. The summed E-state index contributed by atoms with van der Waals surface area (Å²) >= 11 is 0. The predicted molar refractivity (Wildman–Crippen MR) is 42.2 cm³/mol. The maximum Gasteiger partial charge on any atom is 0.246 e. The third kappa shape index (κ3) is 2.89. The fourth-order valence-corrected chi connectivity index (χ4v) is 1.30. The van der Waals surface area contributed by atoms with E-state index >= 15 is 0 Å². The Morgan fingerprint density at radius 1 is 1.73 bits per heavy atom. The van der Waals surface area contributed by atoms with Crippen molar-refractivity contribution in [3.8, 4) is 0 Å². The lowest BCUT2D eigenvalue weighted by Crippen LogP contribution is -2.46. The molecule has 1 heterocycles. The van der Waals surface area contributed by atoms with Gasteiger partial charge in [0.05, 0.1) is 12.6 Å². The number of ether oxygens (including phenoxy) is 1. The highest BCUT2D eigenvalue weighted by molar-refractivity contribution is 5.78. The number of hydrogen-bond donors (Lipinski definition) is 1. The van der Waals surface area contributed by atoms with Crippen LogP contribution < -0.4 is 5.32 Å². The zero-order valence-corrected chi connectivity index (χ0v) is 7.09. The molecule has 3 nitrogen and oxygen atoms in total. The van der Waals surface area contributed by atoms with Crippen LogP contribution in [0.4, 0.5) is 0 Å². The molecule has 1 rings (SSSR count). The van der Waals surface area contributed by atoms with E-state index in [-0.39, 0.29) is 18.6 Å². The second-order valence-electron chi connectivity index (χ2n) is 3.41. The number of rotatable bonds is 2. The SMILES string of the molecule is CC(C)CC1COCC(=O)N1. The van der Waals surface area contributed by atoms with Gasteiger partial charge in [-0.25, -0.2) is 0 Å². The van der Waals surface area contributed by atoms with E-state index in [0.29, 0.717) is 12.5 Å². The minimum Gasteiger partial charge on any atom is -0.370 e. The molecule has 1 N–H and O–H groups in total. The molecule has 0 aliphatic carbocycles. The minimum absolute atomic E-state index is 0.0156. The number of carbonyl (C=O) groups is 1. The van der Waals surface area contributed by atoms with E-state index in [1.807, 2.05) is 0 Å². The van der Waals surface area contributed by atoms with E-state index in [9.17, 15) is 4.79 Å². The summed E-state index contributed by atoms with van der Waals surface area (Å²) in [4.78, 5) is 10.8. The second-order valence-corrected chi connectivity index (χ2v) is 3.41. The Labute approximate surface area is 67.1 Å². The molecule has 1 atom stereocenters. The predicted octanol–water partition coefficient (Wildman–Crippen LogP) is 0.547. The Kier molecular flexibility index (Phi) is 2.88. The van der Waals surface area contributed by atoms with E-state index in [4.69, 9.17) is 4.74 Å². The maximum atomic E-state index is 10.8. The van der Waals surface area contributed by atoms with Gasteiger partial charge in [0, 0.05) is 0 Å². The van der Waals surface area contributed by atoms with Crippen LogP contribution in [0.3, 0.4) is 0 Å². The van der Waals surface area contributed by atoms with Crippen molar-refractivity contribution in [1.82, 2.24) is 5.32 Å². The first-order valence-corrected chi connectivity index (χ1v) is 4.05. The maximum absolute atomic E-state index is 10.8. The molecule has 1 saturated heterocycles. The zero-order chi connectivity index (χ0) is 8.27. The molecule has 64 valence electrons. The molecule has 11 heavy (non-hydrogen) atoms. The van der Waals surface area contributed by atoms with Crippen LogP contribution in [-0.2, 0) is 9.53 Å². The summed E-state index contributed by atoms with van der Waals surface area (Å²) in [6.07, 6.45) is 1.01. The summed E-state index contributed by atoms with van der Waals surface area (Å²) in [6.45, 7) is 5.18. The number of nitrogens with one attached hydrogen (secondary N) is 1. The van der Waals surface area contributed by atoms with Gasteiger partial charge in [-0.3, -0.25) is 4.79 Å². The minimum atomic E-state index is 0.0156. The Hall–Kier alpha value is -0.570. The topological polar surface area (TPSA) is 38.3 Å². The Morgan fingerprint density at radius 2 is 2.45 bits per heavy atom. The average molecular weight is 157 g/mol. The molecule has 3 heteroatoms. The Balaban J connectivity index is 2.28. The van der Waals surface area contributed by atoms with Gasteiger partial charge in [-0.15, -0.1) is 0 Å². The van der Waals surface area contributed by atoms with Crippen molar-refractivity contribution in [2.75, 3.05) is 13.2 Å². The lowest BCUT2D eigenvalue weighted by molar-refractivity contribution is -0.131. The molecule has 1 fully saturated rings. The van der Waals surface area contributed by atoms with Crippen LogP contribution in [-0.4, -0.2) is 25.2 Å². The molecular weight excluding hydrogens is 142 g/mol. The molecule has 0 aromatic carbocycles. The molecule has 1 aliphatic heterocycles. The van der Waals surface area contributed by atoms with Gasteiger partial charge in [0.1, 0.15) is 6.61 Å². The third-order valence-electron chi connectivity index (χ3n) is 1.67. The number of amides is 1. The fraction of sp³-hybridized carbons (Fsp3) is 0.875. The van der Waals surface area contributed by atoms with Crippen molar-refractivity contribution in [2.24, 2.45) is 5.92 Å². The summed E-state index contributed by atoms with van der Waals surface area (Å²) in [5.74, 6) is 0.629. The lowest BCUT2D eigenvalue weighted by Gasteiger charge is -2.24. The first-order valence-electron chi connectivity index (χ1n) is 4.05. The van der Waals surface area contributed by atoms with Crippen LogP contribution in [0, 0.1) is 5.92 Å². The summed E-state index contributed by atoms with van der Waals surface area (Å²) in [6, 6.07) is 0.233. The fourth-order valence-electron chi connectivity index (χ4n) is 1.30. The van der Waals surface area contributed by atoms with E-state index in [1.165, 1.54) is 0 Å². The largest absolute Gasteiger partial charge is 0.370 e. The third-order valence-corrected chi connectivity index (χ3v) is 1.67. The van der Waals surface area contributed by atoms with Gasteiger partial charge in [0.2, 0.25) is 5.91 Å². The van der Waals surface area contributed by atoms with E-state index in [1.54, 1.807) is 0 Å². The van der Waals surface area contributed by atoms with E-state index in [0.717, 1.165) is 6.42 Å². The van der Waals surface area contributed by atoms with E-state index < -0.39 is 0 Å². The number of carbonyl (C=O) groups excluding carboxylic acids is 1. The summed E-state index contributed by atoms with van der Waals surface area (Å²) < 4.78 is 5.08. The van der Waals surface area contributed by atoms with Gasteiger partial charge >= 0.3 is 0 Å². The molecule has 0 aromatic heterocycles. The van der Waals surface area contributed by atoms with Gasteiger partial charge in [-0.1, -0.05) is 13.8 Å². The van der Waals surface area contributed by atoms with Crippen LogP contribution in [0.25, 0.3) is 0 Å². The molecule has 0 aromatic rings. The van der Waals surface area contributed by atoms with Crippen LogP contribution in [0.5, 0.6) is 0 Å². The van der Waals surface area contributed by atoms with Crippen molar-refractivity contribution in [1.29, 1.82) is 0 Å². The first kappa shape index (κ1) is 8.53. The van der Waals surface area contributed by atoms with Gasteiger partial charge in [0.25, 0.3) is 0 Å². The summed E-state index contributed by atoms with van der Waals surface area (Å²) in [5.41, 5.74) is 0. The van der Waals surface area contributed by atoms with Crippen molar-refractivity contribution in [3.05, 3.63) is 0 Å². The average Bonchev–Trinajstić information content (AvgIpc) is 1.85. The van der Waals surface area contributed by atoms with E-state index in [2.05, 4.69) is 19.2 Å². The summed E-state index contributed by atoms with van der Waals surface area (Å²) in [5, 5.41) is 2.88. The molecular formula is C8H15NO2. The monoisotopic (exact) mass is 157 g/mol. The van der Waals surface area contributed by atoms with Gasteiger partial charge in [-0.05, 0) is 12.3 Å². The van der Waals surface area contributed by atoms with Crippen LogP contribution in [0.2, 0.25) is 0 Å². The summed E-state index contributed by atoms with van der Waals surface area (Å²) in [7, 11) is 0. The molecule has 0 saturated carbocycles. The van der Waals surface area contributed by atoms with Gasteiger partial charge < -0.3 is 10.1 Å². The number of hydrogen-bond acceptors (Lipinski definition) is 2. The highest BCUT2D eigenvalue weighted by atomic mass is 16.5. The molecule has 0 bridgehead atoms. The van der Waals surface area contributed by atoms with Crippen LogP contribution in [0.1, 0.15) is 20.3 Å². The molecule has 0 radical (unpaired) electrons. The van der Waals surface area contributed by atoms with Crippen molar-refractivity contribution < 1.29 is 9.53 Å². The van der Waals surface area contributed by atoms with Crippen LogP contribution >= 0.6 is 0 Å².